The Bertz CT molecular complexity index is 406. The van der Waals surface area contributed by atoms with Gasteiger partial charge >= 0.3 is 0 Å². The Morgan fingerprint density at radius 3 is 2.80 bits per heavy atom. The van der Waals surface area contributed by atoms with Crippen LogP contribution in [0.25, 0.3) is 0 Å². The second-order valence-electron chi connectivity index (χ2n) is 3.49. The molecule has 15 heavy (non-hydrogen) atoms. The molecule has 0 fully saturated rings. The molecule has 2 aromatic rings. The Balaban J connectivity index is 2.15. The summed E-state index contributed by atoms with van der Waals surface area (Å²) in [6, 6.07) is 4.53. The van der Waals surface area contributed by atoms with Crippen molar-refractivity contribution in [3.05, 3.63) is 44.3 Å². The number of nitrogens with one attached hydrogen (secondary N) is 1. The average Bonchev–Trinajstić information content (AvgIpc) is 2.85. The van der Waals surface area contributed by atoms with E-state index in [-0.39, 0.29) is 6.04 Å². The summed E-state index contributed by atoms with van der Waals surface area (Å²) in [5, 5.41) is 6.39. The zero-order valence-corrected chi connectivity index (χ0v) is 10.2. The van der Waals surface area contributed by atoms with Gasteiger partial charge in [-0.1, -0.05) is 0 Å². The van der Waals surface area contributed by atoms with Crippen LogP contribution in [0.5, 0.6) is 0 Å². The van der Waals surface area contributed by atoms with Crippen molar-refractivity contribution in [2.24, 2.45) is 5.84 Å². The molecular formula is C11H14N2S2. The fourth-order valence-corrected chi connectivity index (χ4v) is 3.11. The largest absolute Gasteiger partial charge is 0.271 e. The van der Waals surface area contributed by atoms with Gasteiger partial charge in [-0.2, -0.15) is 11.3 Å². The normalized spacial score (nSPS) is 12.9. The fraction of sp³-hybridized carbons (Fsp3) is 0.273. The molecule has 0 aliphatic rings. The molecule has 4 heteroatoms. The summed E-state index contributed by atoms with van der Waals surface area (Å²) in [6.07, 6.45) is 0.956. The van der Waals surface area contributed by atoms with Crippen LogP contribution in [0, 0.1) is 6.92 Å². The lowest BCUT2D eigenvalue weighted by Gasteiger charge is -2.15. The first-order chi connectivity index (χ1) is 7.31. The smallest absolute Gasteiger partial charge is 0.0511 e. The number of nitrogens with two attached hydrogens (primary N) is 1. The lowest BCUT2D eigenvalue weighted by Crippen LogP contribution is -2.29. The van der Waals surface area contributed by atoms with Gasteiger partial charge in [-0.25, -0.2) is 0 Å². The van der Waals surface area contributed by atoms with E-state index in [1.165, 1.54) is 16.0 Å². The third-order valence-electron chi connectivity index (χ3n) is 2.50. The molecule has 0 saturated heterocycles. The van der Waals surface area contributed by atoms with Gasteiger partial charge in [0, 0.05) is 4.88 Å². The summed E-state index contributed by atoms with van der Waals surface area (Å²) < 4.78 is 0. The van der Waals surface area contributed by atoms with E-state index in [1.807, 2.05) is 0 Å². The van der Waals surface area contributed by atoms with Crippen molar-refractivity contribution in [2.45, 2.75) is 19.4 Å². The Morgan fingerprint density at radius 1 is 1.40 bits per heavy atom. The topological polar surface area (TPSA) is 38.0 Å². The minimum absolute atomic E-state index is 0.228. The highest BCUT2D eigenvalue weighted by Crippen LogP contribution is 2.25. The Hall–Kier alpha value is -0.680. The van der Waals surface area contributed by atoms with E-state index in [0.717, 1.165) is 6.42 Å². The summed E-state index contributed by atoms with van der Waals surface area (Å²) >= 11 is 3.50. The lowest BCUT2D eigenvalue weighted by molar-refractivity contribution is 0.552. The van der Waals surface area contributed by atoms with Gasteiger partial charge in [-0.3, -0.25) is 11.3 Å². The molecule has 2 nitrogen and oxygen atoms in total. The number of thiophene rings is 2. The van der Waals surface area contributed by atoms with E-state index in [0.29, 0.717) is 0 Å². The third kappa shape index (κ3) is 2.46. The van der Waals surface area contributed by atoms with Crippen molar-refractivity contribution in [1.29, 1.82) is 0 Å². The van der Waals surface area contributed by atoms with Gasteiger partial charge in [0.05, 0.1) is 6.04 Å². The summed E-state index contributed by atoms with van der Waals surface area (Å²) in [5.74, 6) is 5.61. The second kappa shape index (κ2) is 4.90. The van der Waals surface area contributed by atoms with E-state index in [4.69, 9.17) is 5.84 Å². The van der Waals surface area contributed by atoms with Crippen molar-refractivity contribution in [1.82, 2.24) is 5.43 Å². The molecule has 3 N–H and O–H groups in total. The van der Waals surface area contributed by atoms with Crippen LogP contribution in [0.15, 0.2) is 28.3 Å². The quantitative estimate of drug-likeness (QED) is 0.635. The molecule has 0 spiro atoms. The first-order valence-electron chi connectivity index (χ1n) is 4.82. The van der Waals surface area contributed by atoms with E-state index >= 15 is 0 Å². The minimum atomic E-state index is 0.228. The van der Waals surface area contributed by atoms with Crippen LogP contribution in [-0.4, -0.2) is 0 Å². The molecule has 0 aliphatic carbocycles. The highest BCUT2D eigenvalue weighted by molar-refractivity contribution is 7.10. The Kier molecular flexibility index (Phi) is 3.53. The van der Waals surface area contributed by atoms with Crippen LogP contribution in [-0.2, 0) is 6.42 Å². The maximum atomic E-state index is 5.61. The summed E-state index contributed by atoms with van der Waals surface area (Å²) in [5.41, 5.74) is 5.55. The van der Waals surface area contributed by atoms with Gasteiger partial charge in [0.25, 0.3) is 0 Å². The molecule has 2 heterocycles. The molecule has 80 valence electrons. The SMILES string of the molecule is Cc1sccc1C(Cc1ccsc1)NN. The van der Waals surface area contributed by atoms with Gasteiger partial charge in [0.15, 0.2) is 0 Å². The predicted molar refractivity (Wildman–Crippen MR) is 67.1 cm³/mol. The molecule has 0 aliphatic heterocycles. The molecule has 0 aromatic carbocycles. The first-order valence-corrected chi connectivity index (χ1v) is 6.64. The van der Waals surface area contributed by atoms with Crippen LogP contribution >= 0.6 is 22.7 Å². The number of hydrazine groups is 1. The molecule has 0 saturated carbocycles. The maximum Gasteiger partial charge on any atom is 0.0511 e. The van der Waals surface area contributed by atoms with Gasteiger partial charge in [-0.15, -0.1) is 11.3 Å². The molecule has 2 aromatic heterocycles. The molecule has 0 bridgehead atoms. The highest BCUT2D eigenvalue weighted by atomic mass is 32.1. The van der Waals surface area contributed by atoms with Crippen LogP contribution in [0.1, 0.15) is 22.0 Å². The van der Waals surface area contributed by atoms with E-state index in [2.05, 4.69) is 40.6 Å². The van der Waals surface area contributed by atoms with Crippen molar-refractivity contribution in [3.63, 3.8) is 0 Å². The molecule has 1 unspecified atom stereocenters. The van der Waals surface area contributed by atoms with Gasteiger partial charge in [0.2, 0.25) is 0 Å². The van der Waals surface area contributed by atoms with Crippen molar-refractivity contribution < 1.29 is 0 Å². The molecule has 2 rings (SSSR count). The zero-order chi connectivity index (χ0) is 10.7. The zero-order valence-electron chi connectivity index (χ0n) is 8.57. The summed E-state index contributed by atoms with van der Waals surface area (Å²) in [6.45, 7) is 2.14. The molecule has 0 radical (unpaired) electrons. The Labute approximate surface area is 97.7 Å². The van der Waals surface area contributed by atoms with Crippen molar-refractivity contribution >= 4 is 22.7 Å². The van der Waals surface area contributed by atoms with E-state index in [9.17, 15) is 0 Å². The van der Waals surface area contributed by atoms with Crippen LogP contribution < -0.4 is 11.3 Å². The van der Waals surface area contributed by atoms with E-state index < -0.39 is 0 Å². The van der Waals surface area contributed by atoms with Crippen LogP contribution in [0.3, 0.4) is 0 Å². The van der Waals surface area contributed by atoms with Gasteiger partial charge in [0.1, 0.15) is 0 Å². The number of hydrogen-bond donors (Lipinski definition) is 2. The molecule has 0 amide bonds. The summed E-state index contributed by atoms with van der Waals surface area (Å²) in [4.78, 5) is 1.34. The first kappa shape index (κ1) is 10.8. The van der Waals surface area contributed by atoms with Gasteiger partial charge < -0.3 is 0 Å². The monoisotopic (exact) mass is 238 g/mol. The number of rotatable bonds is 4. The van der Waals surface area contributed by atoms with E-state index in [1.54, 1.807) is 22.7 Å². The van der Waals surface area contributed by atoms with Crippen LogP contribution in [0.2, 0.25) is 0 Å². The second-order valence-corrected chi connectivity index (χ2v) is 5.39. The standard InChI is InChI=1S/C11H14N2S2/c1-8-10(3-5-15-8)11(13-12)6-9-2-4-14-7-9/h2-5,7,11,13H,6,12H2,1H3. The molecular weight excluding hydrogens is 224 g/mol. The third-order valence-corrected chi connectivity index (χ3v) is 4.09. The predicted octanol–water partition coefficient (Wildman–Crippen LogP) is 2.87. The van der Waals surface area contributed by atoms with Crippen molar-refractivity contribution in [2.75, 3.05) is 0 Å². The minimum Gasteiger partial charge on any atom is -0.271 e. The number of hydrogen-bond acceptors (Lipinski definition) is 4. The number of aryl methyl sites for hydroxylation is 1. The van der Waals surface area contributed by atoms with Crippen molar-refractivity contribution in [3.8, 4) is 0 Å². The highest BCUT2D eigenvalue weighted by Gasteiger charge is 2.13. The van der Waals surface area contributed by atoms with Crippen LogP contribution in [0.4, 0.5) is 0 Å². The lowest BCUT2D eigenvalue weighted by atomic mass is 10.0. The maximum absolute atomic E-state index is 5.61. The Morgan fingerprint density at radius 2 is 2.27 bits per heavy atom. The van der Waals surface area contributed by atoms with Gasteiger partial charge in [-0.05, 0) is 52.7 Å². The molecule has 1 atom stereocenters. The fourth-order valence-electron chi connectivity index (χ4n) is 1.66. The summed E-state index contributed by atoms with van der Waals surface area (Å²) in [7, 11) is 0. The average molecular weight is 238 g/mol.